The first-order valence-electron chi connectivity index (χ1n) is 6.87. The Kier molecular flexibility index (Phi) is 4.03. The van der Waals surface area contributed by atoms with Crippen LogP contribution in [0.2, 0.25) is 0 Å². The highest BCUT2D eigenvalue weighted by Gasteiger charge is 2.08. The van der Waals surface area contributed by atoms with Crippen LogP contribution in [-0.2, 0) is 0 Å². The average molecular weight is 303 g/mol. The van der Waals surface area contributed by atoms with Crippen LogP contribution in [0.5, 0.6) is 11.5 Å². The van der Waals surface area contributed by atoms with Crippen molar-refractivity contribution in [3.63, 3.8) is 0 Å². The Morgan fingerprint density at radius 1 is 0.957 bits per heavy atom. The maximum atomic E-state index is 9.12. The standard InChI is InChI=1S/C17H13N5O/c18-10-15-16(19)20-11-21-17(15)22-12-6-8-14(9-7-12)23-13-4-2-1-3-5-13/h1-9,11H,(H3,19,20,21,22). The molecule has 6 heteroatoms. The zero-order valence-corrected chi connectivity index (χ0v) is 12.1. The molecule has 0 saturated heterocycles. The molecule has 1 heterocycles. The van der Waals surface area contributed by atoms with Crippen LogP contribution >= 0.6 is 0 Å². The minimum atomic E-state index is 0.147. The topological polar surface area (TPSA) is 96.9 Å². The van der Waals surface area contributed by atoms with E-state index in [9.17, 15) is 0 Å². The Morgan fingerprint density at radius 2 is 1.65 bits per heavy atom. The van der Waals surface area contributed by atoms with E-state index in [-0.39, 0.29) is 11.4 Å². The van der Waals surface area contributed by atoms with Gasteiger partial charge in [-0.1, -0.05) is 18.2 Å². The third-order valence-electron chi connectivity index (χ3n) is 3.08. The van der Waals surface area contributed by atoms with Crippen molar-refractivity contribution in [1.82, 2.24) is 9.97 Å². The molecule has 0 radical (unpaired) electrons. The summed E-state index contributed by atoms with van der Waals surface area (Å²) in [5, 5.41) is 12.2. The Morgan fingerprint density at radius 3 is 2.35 bits per heavy atom. The highest BCUT2D eigenvalue weighted by atomic mass is 16.5. The van der Waals surface area contributed by atoms with Gasteiger partial charge in [0.05, 0.1) is 0 Å². The summed E-state index contributed by atoms with van der Waals surface area (Å²) in [6, 6.07) is 18.8. The van der Waals surface area contributed by atoms with Crippen molar-refractivity contribution >= 4 is 17.3 Å². The number of hydrogen-bond donors (Lipinski definition) is 2. The molecule has 0 aliphatic carbocycles. The van der Waals surface area contributed by atoms with Crippen molar-refractivity contribution in [2.75, 3.05) is 11.1 Å². The van der Waals surface area contributed by atoms with Gasteiger partial charge >= 0.3 is 0 Å². The van der Waals surface area contributed by atoms with E-state index in [1.165, 1.54) is 6.33 Å². The van der Waals surface area contributed by atoms with Gasteiger partial charge in [0, 0.05) is 5.69 Å². The molecule has 112 valence electrons. The van der Waals surface area contributed by atoms with Gasteiger partial charge in [0.2, 0.25) is 0 Å². The number of benzene rings is 2. The van der Waals surface area contributed by atoms with E-state index in [4.69, 9.17) is 15.7 Å². The Bertz CT molecular complexity index is 841. The maximum Gasteiger partial charge on any atom is 0.153 e. The Hall–Kier alpha value is -3.59. The van der Waals surface area contributed by atoms with E-state index in [0.29, 0.717) is 11.6 Å². The zero-order valence-electron chi connectivity index (χ0n) is 12.1. The Balaban J connectivity index is 1.76. The highest BCUT2D eigenvalue weighted by Crippen LogP contribution is 2.25. The summed E-state index contributed by atoms with van der Waals surface area (Å²) in [6.07, 6.45) is 1.31. The average Bonchev–Trinajstić information content (AvgIpc) is 2.58. The van der Waals surface area contributed by atoms with Crippen molar-refractivity contribution in [3.8, 4) is 17.6 Å². The van der Waals surface area contributed by atoms with Gasteiger partial charge in [-0.3, -0.25) is 0 Å². The van der Waals surface area contributed by atoms with Crippen LogP contribution in [0, 0.1) is 11.3 Å². The van der Waals surface area contributed by atoms with Crippen LogP contribution in [0.3, 0.4) is 0 Å². The highest BCUT2D eigenvalue weighted by molar-refractivity contribution is 5.68. The molecule has 0 aliphatic heterocycles. The number of ether oxygens (including phenoxy) is 1. The molecule has 0 amide bonds. The zero-order chi connectivity index (χ0) is 16.1. The summed E-state index contributed by atoms with van der Waals surface area (Å²) >= 11 is 0. The normalized spacial score (nSPS) is 9.87. The molecule has 0 saturated carbocycles. The second kappa shape index (κ2) is 6.45. The predicted octanol–water partition coefficient (Wildman–Crippen LogP) is 3.47. The van der Waals surface area contributed by atoms with Gasteiger partial charge in [0.15, 0.2) is 5.82 Å². The van der Waals surface area contributed by atoms with E-state index in [1.807, 2.05) is 60.7 Å². The van der Waals surface area contributed by atoms with E-state index < -0.39 is 0 Å². The Labute approximate surface area is 133 Å². The second-order valence-electron chi connectivity index (χ2n) is 4.66. The summed E-state index contributed by atoms with van der Waals surface area (Å²) in [6.45, 7) is 0. The number of aromatic nitrogens is 2. The number of para-hydroxylation sites is 1. The minimum absolute atomic E-state index is 0.147. The van der Waals surface area contributed by atoms with Gasteiger partial charge in [-0.25, -0.2) is 9.97 Å². The lowest BCUT2D eigenvalue weighted by atomic mass is 10.2. The number of anilines is 3. The van der Waals surface area contributed by atoms with Gasteiger partial charge in [0.25, 0.3) is 0 Å². The van der Waals surface area contributed by atoms with E-state index in [1.54, 1.807) is 0 Å². The van der Waals surface area contributed by atoms with Crippen LogP contribution in [-0.4, -0.2) is 9.97 Å². The fourth-order valence-electron chi connectivity index (χ4n) is 1.97. The summed E-state index contributed by atoms with van der Waals surface area (Å²) < 4.78 is 5.72. The number of nitrogens with zero attached hydrogens (tertiary/aromatic N) is 3. The molecule has 3 aromatic rings. The first kappa shape index (κ1) is 14.4. The van der Waals surface area contributed by atoms with Crippen LogP contribution in [0.25, 0.3) is 0 Å². The largest absolute Gasteiger partial charge is 0.457 e. The molecule has 6 nitrogen and oxygen atoms in total. The summed E-state index contributed by atoms with van der Waals surface area (Å²) in [7, 11) is 0. The molecule has 0 spiro atoms. The quantitative estimate of drug-likeness (QED) is 0.766. The van der Waals surface area contributed by atoms with Gasteiger partial charge in [0.1, 0.15) is 35.3 Å². The number of nitrogens with one attached hydrogen (secondary N) is 1. The monoisotopic (exact) mass is 303 g/mol. The van der Waals surface area contributed by atoms with Crippen molar-refractivity contribution in [1.29, 1.82) is 5.26 Å². The number of rotatable bonds is 4. The smallest absolute Gasteiger partial charge is 0.153 e. The van der Waals surface area contributed by atoms with Gasteiger partial charge in [-0.15, -0.1) is 0 Å². The minimum Gasteiger partial charge on any atom is -0.457 e. The summed E-state index contributed by atoms with van der Waals surface area (Å²) in [4.78, 5) is 7.84. The van der Waals surface area contributed by atoms with Crippen LogP contribution in [0.15, 0.2) is 60.9 Å². The molecule has 0 atom stereocenters. The summed E-state index contributed by atoms with van der Waals surface area (Å²) in [5.41, 5.74) is 6.65. The third kappa shape index (κ3) is 3.36. The molecule has 0 aliphatic rings. The van der Waals surface area contributed by atoms with Gasteiger partial charge in [-0.05, 0) is 36.4 Å². The van der Waals surface area contributed by atoms with Crippen molar-refractivity contribution in [2.45, 2.75) is 0 Å². The summed E-state index contributed by atoms with van der Waals surface area (Å²) in [5.74, 6) is 2.00. The second-order valence-corrected chi connectivity index (χ2v) is 4.66. The van der Waals surface area contributed by atoms with Crippen LogP contribution in [0.1, 0.15) is 5.56 Å². The predicted molar refractivity (Wildman–Crippen MR) is 87.4 cm³/mol. The van der Waals surface area contributed by atoms with E-state index >= 15 is 0 Å². The molecule has 0 bridgehead atoms. The molecule has 3 N–H and O–H groups in total. The molecule has 0 fully saturated rings. The number of nitriles is 1. The lowest BCUT2D eigenvalue weighted by Gasteiger charge is -2.09. The lowest BCUT2D eigenvalue weighted by molar-refractivity contribution is 0.483. The molecule has 23 heavy (non-hydrogen) atoms. The van der Waals surface area contributed by atoms with Crippen LogP contribution in [0.4, 0.5) is 17.3 Å². The van der Waals surface area contributed by atoms with Gasteiger partial charge in [-0.2, -0.15) is 5.26 Å². The van der Waals surface area contributed by atoms with Gasteiger partial charge < -0.3 is 15.8 Å². The molecular formula is C17H13N5O. The van der Waals surface area contributed by atoms with Crippen molar-refractivity contribution in [3.05, 3.63) is 66.5 Å². The maximum absolute atomic E-state index is 9.12. The first-order valence-corrected chi connectivity index (χ1v) is 6.87. The fourth-order valence-corrected chi connectivity index (χ4v) is 1.97. The fraction of sp³-hybridized carbons (Fsp3) is 0. The lowest BCUT2D eigenvalue weighted by Crippen LogP contribution is -2.02. The first-order chi connectivity index (χ1) is 11.3. The third-order valence-corrected chi connectivity index (χ3v) is 3.08. The van der Waals surface area contributed by atoms with Crippen molar-refractivity contribution in [2.24, 2.45) is 0 Å². The number of hydrogen-bond acceptors (Lipinski definition) is 6. The molecular weight excluding hydrogens is 290 g/mol. The SMILES string of the molecule is N#Cc1c(N)ncnc1Nc1ccc(Oc2ccccc2)cc1. The molecule has 3 rings (SSSR count). The van der Waals surface area contributed by atoms with Crippen molar-refractivity contribution < 1.29 is 4.74 Å². The molecule has 2 aromatic carbocycles. The molecule has 0 unspecified atom stereocenters. The van der Waals surface area contributed by atoms with E-state index in [0.717, 1.165) is 11.4 Å². The molecule has 1 aromatic heterocycles. The van der Waals surface area contributed by atoms with Crippen LogP contribution < -0.4 is 15.8 Å². The number of nitrogens with two attached hydrogens (primary N) is 1. The van der Waals surface area contributed by atoms with E-state index in [2.05, 4.69) is 15.3 Å². The number of nitrogen functional groups attached to an aromatic ring is 1.